The highest BCUT2D eigenvalue weighted by molar-refractivity contribution is 6.32. The van der Waals surface area contributed by atoms with Gasteiger partial charge in [-0.15, -0.1) is 0 Å². The van der Waals surface area contributed by atoms with Gasteiger partial charge in [0.05, 0.1) is 18.7 Å². The molecule has 0 bridgehead atoms. The molecule has 3 aromatic rings. The summed E-state index contributed by atoms with van der Waals surface area (Å²) >= 11 is 6.48. The molecule has 38 heavy (non-hydrogen) atoms. The second-order valence-electron chi connectivity index (χ2n) is 10.5. The number of carbonyl (C=O) groups excluding carboxylic acids is 3. The van der Waals surface area contributed by atoms with Crippen molar-refractivity contribution < 1.29 is 19.1 Å². The van der Waals surface area contributed by atoms with E-state index >= 15 is 0 Å². The quantitative estimate of drug-likeness (QED) is 0.483. The van der Waals surface area contributed by atoms with Crippen LogP contribution in [0.25, 0.3) is 0 Å². The molecule has 192 valence electrons. The van der Waals surface area contributed by atoms with E-state index < -0.39 is 16.9 Å². The lowest BCUT2D eigenvalue weighted by Crippen LogP contribution is -2.62. The molecule has 4 aliphatic rings. The molecule has 2 amide bonds. The zero-order chi connectivity index (χ0) is 26.4. The maximum absolute atomic E-state index is 14.6. The summed E-state index contributed by atoms with van der Waals surface area (Å²) < 4.78 is 5.30. The van der Waals surface area contributed by atoms with Gasteiger partial charge in [0.2, 0.25) is 5.91 Å². The van der Waals surface area contributed by atoms with Crippen molar-refractivity contribution >= 4 is 40.6 Å². The number of ether oxygens (including phenoxy) is 1. The van der Waals surface area contributed by atoms with E-state index in [1.165, 1.54) is 0 Å². The lowest BCUT2D eigenvalue weighted by Gasteiger charge is -2.43. The number of rotatable bonds is 3. The van der Waals surface area contributed by atoms with E-state index in [4.69, 9.17) is 16.3 Å². The second-order valence-corrected chi connectivity index (χ2v) is 10.9. The van der Waals surface area contributed by atoms with E-state index in [9.17, 15) is 14.4 Å². The third kappa shape index (κ3) is 2.56. The van der Waals surface area contributed by atoms with Crippen LogP contribution in [0.2, 0.25) is 5.02 Å². The average molecular weight is 528 g/mol. The van der Waals surface area contributed by atoms with E-state index in [0.717, 1.165) is 12.0 Å². The third-order valence-electron chi connectivity index (χ3n) is 9.12. The molecule has 2 N–H and O–H groups in total. The number of nitrogens with one attached hydrogen (secondary N) is 2. The highest BCUT2D eigenvalue weighted by atomic mass is 35.5. The highest BCUT2D eigenvalue weighted by Gasteiger charge is 2.81. The summed E-state index contributed by atoms with van der Waals surface area (Å²) in [6.07, 6.45) is 1.54. The van der Waals surface area contributed by atoms with Crippen molar-refractivity contribution in [1.29, 1.82) is 0 Å². The van der Waals surface area contributed by atoms with Gasteiger partial charge in [-0.05, 0) is 73.8 Å². The molecule has 3 aromatic carbocycles. The van der Waals surface area contributed by atoms with Crippen molar-refractivity contribution in [3.8, 4) is 5.75 Å². The molecule has 0 aromatic heterocycles. The summed E-state index contributed by atoms with van der Waals surface area (Å²) in [7, 11) is 1.58. The molecule has 4 heterocycles. The summed E-state index contributed by atoms with van der Waals surface area (Å²) in [6, 6.07) is 17.8. The summed E-state index contributed by atoms with van der Waals surface area (Å²) in [5, 5.41) is 6.69. The van der Waals surface area contributed by atoms with Gasteiger partial charge in [-0.1, -0.05) is 35.9 Å². The number of carbonyl (C=O) groups is 3. The van der Waals surface area contributed by atoms with Gasteiger partial charge in [0, 0.05) is 27.9 Å². The number of hydrogen-bond donors (Lipinski definition) is 2. The number of benzene rings is 3. The number of halogens is 1. The normalized spacial score (nSPS) is 28.8. The first-order chi connectivity index (χ1) is 18.4. The Morgan fingerprint density at radius 1 is 1.00 bits per heavy atom. The average Bonchev–Trinajstić information content (AvgIpc) is 3.65. The SMILES string of the molecule is COc1ccc(C(=O)[C@@H]2[C@H]3CCCN3[C@@]3(C(=O)Nc4c3ccc(Cl)c4C)[C@]23C(=O)Nc2ccccc23)cc1. The van der Waals surface area contributed by atoms with Gasteiger partial charge in [0.25, 0.3) is 5.91 Å². The number of amides is 2. The fourth-order valence-electron chi connectivity index (χ4n) is 7.70. The first-order valence-corrected chi connectivity index (χ1v) is 13.2. The van der Waals surface area contributed by atoms with Gasteiger partial charge in [0.1, 0.15) is 16.7 Å². The Kier molecular flexibility index (Phi) is 4.88. The fourth-order valence-corrected chi connectivity index (χ4v) is 7.86. The number of hydrogen-bond acceptors (Lipinski definition) is 5. The number of ketones is 1. The van der Waals surface area contributed by atoms with Crippen molar-refractivity contribution in [3.63, 3.8) is 0 Å². The predicted molar refractivity (Wildman–Crippen MR) is 144 cm³/mol. The lowest BCUT2D eigenvalue weighted by molar-refractivity contribution is -0.137. The van der Waals surface area contributed by atoms with Crippen LogP contribution in [0.5, 0.6) is 5.75 Å². The zero-order valence-corrected chi connectivity index (χ0v) is 21.8. The van der Waals surface area contributed by atoms with E-state index in [1.54, 1.807) is 37.4 Å². The van der Waals surface area contributed by atoms with Crippen LogP contribution in [-0.2, 0) is 20.5 Å². The molecule has 4 atom stereocenters. The summed E-state index contributed by atoms with van der Waals surface area (Å²) in [4.78, 5) is 45.7. The Labute approximate surface area is 225 Å². The van der Waals surface area contributed by atoms with Gasteiger partial charge in [-0.2, -0.15) is 0 Å². The zero-order valence-electron chi connectivity index (χ0n) is 21.0. The molecule has 0 aliphatic carbocycles. The molecule has 2 saturated heterocycles. The molecule has 4 aliphatic heterocycles. The molecule has 0 radical (unpaired) electrons. The number of Topliss-reactive ketones (excluding diaryl/α,β-unsaturated/α-hetero) is 1. The molecular formula is C30H26ClN3O4. The monoisotopic (exact) mass is 527 g/mol. The third-order valence-corrected chi connectivity index (χ3v) is 9.53. The highest BCUT2D eigenvalue weighted by Crippen LogP contribution is 2.68. The molecule has 0 unspecified atom stereocenters. The van der Waals surface area contributed by atoms with Crippen LogP contribution in [0, 0.1) is 12.8 Å². The van der Waals surface area contributed by atoms with E-state index in [2.05, 4.69) is 15.5 Å². The van der Waals surface area contributed by atoms with Gasteiger partial charge >= 0.3 is 0 Å². The van der Waals surface area contributed by atoms with Crippen LogP contribution in [-0.4, -0.2) is 42.2 Å². The molecule has 2 spiro atoms. The second kappa shape index (κ2) is 7.91. The molecular weight excluding hydrogens is 502 g/mol. The van der Waals surface area contributed by atoms with Crippen LogP contribution in [0.1, 0.15) is 39.9 Å². The maximum atomic E-state index is 14.6. The maximum Gasteiger partial charge on any atom is 0.251 e. The van der Waals surface area contributed by atoms with E-state index in [0.29, 0.717) is 51.8 Å². The Morgan fingerprint density at radius 3 is 2.53 bits per heavy atom. The number of nitrogens with zero attached hydrogens (tertiary/aromatic N) is 1. The molecule has 8 heteroatoms. The van der Waals surface area contributed by atoms with Gasteiger partial charge in [-0.25, -0.2) is 0 Å². The fraction of sp³-hybridized carbons (Fsp3) is 0.300. The van der Waals surface area contributed by atoms with Crippen molar-refractivity contribution in [2.75, 3.05) is 24.3 Å². The van der Waals surface area contributed by atoms with Gasteiger partial charge in [-0.3, -0.25) is 19.3 Å². The topological polar surface area (TPSA) is 87.7 Å². The standard InChI is InChI=1S/C30H26ClN3O4/c1-16-21(31)14-13-20-25(16)33-28(37)30(20)29(19-6-3-4-7-22(19)32-27(29)36)24(23-8-5-15-34(23)30)26(35)17-9-11-18(38-2)12-10-17/h3-4,6-7,9-14,23-24H,5,8,15H2,1-2H3,(H,32,36)(H,33,37)/t23-,24+,29+,30+/m1/s1. The molecule has 2 fully saturated rings. The summed E-state index contributed by atoms with van der Waals surface area (Å²) in [6.45, 7) is 2.47. The van der Waals surface area contributed by atoms with Crippen LogP contribution < -0.4 is 15.4 Å². The van der Waals surface area contributed by atoms with Crippen molar-refractivity contribution in [2.24, 2.45) is 5.92 Å². The van der Waals surface area contributed by atoms with Crippen LogP contribution in [0.3, 0.4) is 0 Å². The Morgan fingerprint density at radius 2 is 1.76 bits per heavy atom. The minimum atomic E-state index is -1.47. The molecule has 7 rings (SSSR count). The summed E-state index contributed by atoms with van der Waals surface area (Å²) in [5.74, 6) is -0.908. The minimum Gasteiger partial charge on any atom is -0.497 e. The van der Waals surface area contributed by atoms with Crippen LogP contribution in [0.4, 0.5) is 11.4 Å². The van der Waals surface area contributed by atoms with E-state index in [1.807, 2.05) is 37.3 Å². The number of anilines is 2. The predicted octanol–water partition coefficient (Wildman–Crippen LogP) is 4.67. The van der Waals surface area contributed by atoms with Crippen molar-refractivity contribution in [3.05, 3.63) is 87.9 Å². The largest absolute Gasteiger partial charge is 0.497 e. The lowest BCUT2D eigenvalue weighted by atomic mass is 9.57. The van der Waals surface area contributed by atoms with E-state index in [-0.39, 0.29) is 23.6 Å². The number of fused-ring (bicyclic) bond motifs is 7. The summed E-state index contributed by atoms with van der Waals surface area (Å²) in [5.41, 5.74) is 1.01. The van der Waals surface area contributed by atoms with Crippen molar-refractivity contribution in [2.45, 2.75) is 36.8 Å². The Hall–Kier alpha value is -3.68. The Balaban J connectivity index is 1.57. The van der Waals surface area contributed by atoms with Crippen LogP contribution >= 0.6 is 11.6 Å². The number of methoxy groups -OCH3 is 1. The minimum absolute atomic E-state index is 0.153. The van der Waals surface area contributed by atoms with Crippen LogP contribution in [0.15, 0.2) is 60.7 Å². The van der Waals surface area contributed by atoms with Crippen molar-refractivity contribution in [1.82, 2.24) is 4.90 Å². The first-order valence-electron chi connectivity index (χ1n) is 12.8. The molecule has 0 saturated carbocycles. The number of para-hydroxylation sites is 1. The van der Waals surface area contributed by atoms with Gasteiger partial charge < -0.3 is 15.4 Å². The molecule has 7 nitrogen and oxygen atoms in total. The Bertz CT molecular complexity index is 1550. The first kappa shape index (κ1) is 23.4. The smallest absolute Gasteiger partial charge is 0.251 e. The van der Waals surface area contributed by atoms with Gasteiger partial charge in [0.15, 0.2) is 5.78 Å².